The van der Waals surface area contributed by atoms with Crippen molar-refractivity contribution in [3.05, 3.63) is 54.1 Å². The van der Waals surface area contributed by atoms with Gasteiger partial charge in [0.25, 0.3) is 0 Å². The van der Waals surface area contributed by atoms with Crippen LogP contribution < -0.4 is 14.2 Å². The third kappa shape index (κ3) is 5.78. The molecule has 2 aromatic rings. The van der Waals surface area contributed by atoms with Crippen LogP contribution in [0.25, 0.3) is 0 Å². The molecule has 0 atom stereocenters. The predicted molar refractivity (Wildman–Crippen MR) is 95.3 cm³/mol. The highest BCUT2D eigenvalue weighted by Crippen LogP contribution is 2.25. The van der Waals surface area contributed by atoms with Gasteiger partial charge in [-0.25, -0.2) is 0 Å². The Hall–Kier alpha value is -2.20. The molecular formula is C20H26O4. The van der Waals surface area contributed by atoms with Gasteiger partial charge in [-0.2, -0.15) is 0 Å². The zero-order valence-electron chi connectivity index (χ0n) is 14.7. The van der Waals surface area contributed by atoms with Crippen molar-refractivity contribution < 1.29 is 18.9 Å². The Morgan fingerprint density at radius 2 is 1.50 bits per heavy atom. The van der Waals surface area contributed by atoms with E-state index in [4.69, 9.17) is 18.9 Å². The highest BCUT2D eigenvalue weighted by Gasteiger charge is 2.03. The summed E-state index contributed by atoms with van der Waals surface area (Å²) in [6.45, 7) is 6.38. The van der Waals surface area contributed by atoms with E-state index in [9.17, 15) is 0 Å². The van der Waals surface area contributed by atoms with E-state index in [1.54, 1.807) is 7.11 Å². The van der Waals surface area contributed by atoms with Crippen molar-refractivity contribution >= 4 is 0 Å². The van der Waals surface area contributed by atoms with Gasteiger partial charge in [-0.15, -0.1) is 0 Å². The maximum absolute atomic E-state index is 5.71. The minimum Gasteiger partial charge on any atom is -0.493 e. The van der Waals surface area contributed by atoms with Crippen LogP contribution in [0.5, 0.6) is 17.2 Å². The largest absolute Gasteiger partial charge is 0.493 e. The van der Waals surface area contributed by atoms with Gasteiger partial charge in [-0.3, -0.25) is 0 Å². The van der Waals surface area contributed by atoms with E-state index in [2.05, 4.69) is 26.0 Å². The third-order valence-electron chi connectivity index (χ3n) is 3.58. The Kier molecular flexibility index (Phi) is 7.43. The van der Waals surface area contributed by atoms with E-state index in [1.165, 1.54) is 5.56 Å². The summed E-state index contributed by atoms with van der Waals surface area (Å²) < 4.78 is 22.1. The molecule has 0 spiro atoms. The standard InChI is InChI=1S/C20H26O4/c1-16(2)17-7-6-8-18(15-17)23-13-11-22-12-14-24-20-10-5-4-9-19(20)21-3/h4-10,15-16H,11-14H2,1-3H3. The van der Waals surface area contributed by atoms with Gasteiger partial charge in [0.2, 0.25) is 0 Å². The SMILES string of the molecule is COc1ccccc1OCCOCCOc1cccc(C(C)C)c1. The molecule has 2 aromatic carbocycles. The molecule has 4 heteroatoms. The van der Waals surface area contributed by atoms with Crippen LogP contribution in [0.1, 0.15) is 25.3 Å². The Morgan fingerprint density at radius 1 is 0.792 bits per heavy atom. The first-order valence-corrected chi connectivity index (χ1v) is 8.27. The fourth-order valence-electron chi connectivity index (χ4n) is 2.23. The molecule has 0 aliphatic carbocycles. The fourth-order valence-corrected chi connectivity index (χ4v) is 2.23. The van der Waals surface area contributed by atoms with Gasteiger partial charge in [-0.1, -0.05) is 38.1 Å². The Balaban J connectivity index is 1.61. The van der Waals surface area contributed by atoms with Gasteiger partial charge in [-0.05, 0) is 35.7 Å². The van der Waals surface area contributed by atoms with Crippen molar-refractivity contribution in [2.45, 2.75) is 19.8 Å². The summed E-state index contributed by atoms with van der Waals surface area (Å²) in [7, 11) is 1.63. The molecule has 0 aromatic heterocycles. The molecule has 0 saturated heterocycles. The number of methoxy groups -OCH3 is 1. The zero-order chi connectivity index (χ0) is 17.2. The smallest absolute Gasteiger partial charge is 0.161 e. The molecule has 4 nitrogen and oxygen atoms in total. The van der Waals surface area contributed by atoms with Crippen LogP contribution >= 0.6 is 0 Å². The Morgan fingerprint density at radius 3 is 2.21 bits per heavy atom. The van der Waals surface area contributed by atoms with E-state index in [0.29, 0.717) is 32.3 Å². The van der Waals surface area contributed by atoms with Gasteiger partial charge < -0.3 is 18.9 Å². The van der Waals surface area contributed by atoms with Crippen molar-refractivity contribution in [3.8, 4) is 17.2 Å². The first-order valence-electron chi connectivity index (χ1n) is 8.27. The molecule has 0 bridgehead atoms. The van der Waals surface area contributed by atoms with Gasteiger partial charge >= 0.3 is 0 Å². The molecule has 0 saturated carbocycles. The third-order valence-corrected chi connectivity index (χ3v) is 3.58. The van der Waals surface area contributed by atoms with E-state index in [1.807, 2.05) is 36.4 Å². The Labute approximate surface area is 144 Å². The lowest BCUT2D eigenvalue weighted by atomic mass is 10.0. The second-order valence-corrected chi connectivity index (χ2v) is 5.69. The molecule has 0 radical (unpaired) electrons. The lowest BCUT2D eigenvalue weighted by Crippen LogP contribution is -2.12. The molecule has 0 unspecified atom stereocenters. The number of hydrogen-bond acceptors (Lipinski definition) is 4. The summed E-state index contributed by atoms with van der Waals surface area (Å²) in [4.78, 5) is 0. The topological polar surface area (TPSA) is 36.9 Å². The van der Waals surface area contributed by atoms with Crippen molar-refractivity contribution in [1.82, 2.24) is 0 Å². The molecular weight excluding hydrogens is 304 g/mol. The van der Waals surface area contributed by atoms with E-state index in [0.717, 1.165) is 17.2 Å². The van der Waals surface area contributed by atoms with Gasteiger partial charge in [0, 0.05) is 0 Å². The van der Waals surface area contributed by atoms with Crippen molar-refractivity contribution in [2.75, 3.05) is 33.5 Å². The van der Waals surface area contributed by atoms with Gasteiger partial charge in [0.05, 0.1) is 20.3 Å². The van der Waals surface area contributed by atoms with Crippen LogP contribution in [0.2, 0.25) is 0 Å². The number of rotatable bonds is 10. The number of para-hydroxylation sites is 2. The minimum absolute atomic E-state index is 0.475. The summed E-state index contributed by atoms with van der Waals surface area (Å²) in [6.07, 6.45) is 0. The molecule has 0 aliphatic rings. The highest BCUT2D eigenvalue weighted by atomic mass is 16.6. The molecule has 24 heavy (non-hydrogen) atoms. The van der Waals surface area contributed by atoms with Crippen LogP contribution in [0.15, 0.2) is 48.5 Å². The second kappa shape index (κ2) is 9.83. The van der Waals surface area contributed by atoms with Crippen LogP contribution in [-0.2, 0) is 4.74 Å². The second-order valence-electron chi connectivity index (χ2n) is 5.69. The summed E-state index contributed by atoms with van der Waals surface area (Å²) in [5, 5.41) is 0. The van der Waals surface area contributed by atoms with Crippen molar-refractivity contribution in [3.63, 3.8) is 0 Å². The maximum Gasteiger partial charge on any atom is 0.161 e. The normalized spacial score (nSPS) is 10.7. The molecule has 130 valence electrons. The summed E-state index contributed by atoms with van der Waals surface area (Å²) in [5.41, 5.74) is 1.28. The average Bonchev–Trinajstić information content (AvgIpc) is 2.61. The monoisotopic (exact) mass is 330 g/mol. The van der Waals surface area contributed by atoms with Crippen LogP contribution in [0.4, 0.5) is 0 Å². The minimum atomic E-state index is 0.475. The first-order chi connectivity index (χ1) is 11.7. The molecule has 2 rings (SSSR count). The van der Waals surface area contributed by atoms with Crippen LogP contribution in [-0.4, -0.2) is 33.5 Å². The van der Waals surface area contributed by atoms with Crippen molar-refractivity contribution in [1.29, 1.82) is 0 Å². The molecule has 0 heterocycles. The first kappa shape index (κ1) is 18.1. The average molecular weight is 330 g/mol. The van der Waals surface area contributed by atoms with Gasteiger partial charge in [0.1, 0.15) is 19.0 Å². The highest BCUT2D eigenvalue weighted by molar-refractivity contribution is 5.39. The van der Waals surface area contributed by atoms with Gasteiger partial charge in [0.15, 0.2) is 11.5 Å². The van der Waals surface area contributed by atoms with Crippen LogP contribution in [0, 0.1) is 0 Å². The molecule has 0 fully saturated rings. The lowest BCUT2D eigenvalue weighted by molar-refractivity contribution is 0.0757. The van der Waals surface area contributed by atoms with E-state index < -0.39 is 0 Å². The molecule has 0 amide bonds. The number of benzene rings is 2. The maximum atomic E-state index is 5.71. The summed E-state index contributed by atoms with van der Waals surface area (Å²) in [5.74, 6) is 2.84. The quantitative estimate of drug-likeness (QED) is 0.609. The predicted octanol–water partition coefficient (Wildman–Crippen LogP) is 4.29. The number of ether oxygens (including phenoxy) is 4. The van der Waals surface area contributed by atoms with Crippen molar-refractivity contribution in [2.24, 2.45) is 0 Å². The van der Waals surface area contributed by atoms with Crippen LogP contribution in [0.3, 0.4) is 0 Å². The van der Waals surface area contributed by atoms with E-state index in [-0.39, 0.29) is 0 Å². The molecule has 0 aliphatic heterocycles. The Bertz CT molecular complexity index is 610. The lowest BCUT2D eigenvalue weighted by Gasteiger charge is -2.11. The number of hydrogen-bond donors (Lipinski definition) is 0. The van der Waals surface area contributed by atoms with E-state index >= 15 is 0 Å². The summed E-state index contributed by atoms with van der Waals surface area (Å²) >= 11 is 0. The summed E-state index contributed by atoms with van der Waals surface area (Å²) in [6, 6.07) is 15.8. The zero-order valence-corrected chi connectivity index (χ0v) is 14.7. The fraction of sp³-hybridized carbons (Fsp3) is 0.400. The molecule has 0 N–H and O–H groups in total.